The fraction of sp³-hybridized carbons (Fsp3) is 0.250. The number of halogens is 3. The maximum absolute atomic E-state index is 12.3. The van der Waals surface area contributed by atoms with Gasteiger partial charge in [-0.15, -0.1) is 0 Å². The molecule has 13 heavy (non-hydrogen) atoms. The van der Waals surface area contributed by atoms with Gasteiger partial charge in [0.2, 0.25) is 0 Å². The predicted octanol–water partition coefficient (Wildman–Crippen LogP) is 2.69. The third-order valence-electron chi connectivity index (χ3n) is 1.44. The molecule has 0 N–H and O–H groups in total. The summed E-state index contributed by atoms with van der Waals surface area (Å²) in [5, 5.41) is 8.35. The number of hydrogen-bond donors (Lipinski definition) is 0. The smallest absolute Gasteiger partial charge is 0.249 e. The lowest BCUT2D eigenvalue weighted by atomic mass is 10.2. The second-order valence-electron chi connectivity index (χ2n) is 2.36. The first kappa shape index (κ1) is 10.3. The van der Waals surface area contributed by atoms with E-state index in [2.05, 4.69) is 4.98 Å². The van der Waals surface area contributed by atoms with Gasteiger partial charge in [-0.2, -0.15) is 5.26 Å². The molecule has 0 aliphatic heterocycles. The van der Waals surface area contributed by atoms with E-state index >= 15 is 0 Å². The topological polar surface area (TPSA) is 36.7 Å². The van der Waals surface area contributed by atoms with Crippen LogP contribution in [0, 0.1) is 15.0 Å². The number of nitriles is 1. The third-order valence-corrected chi connectivity index (χ3v) is 2.34. The fourth-order valence-corrected chi connectivity index (χ4v) is 1.38. The number of rotatable bonds is 2. The van der Waals surface area contributed by atoms with Crippen LogP contribution in [-0.2, 0) is 6.42 Å². The first-order valence-corrected chi connectivity index (χ1v) is 4.52. The minimum atomic E-state index is -2.53. The Kier molecular flexibility index (Phi) is 3.54. The molecule has 0 unspecified atom stereocenters. The summed E-state index contributed by atoms with van der Waals surface area (Å²) in [6.07, 6.45) is -0.974. The number of alkyl halides is 2. The van der Waals surface area contributed by atoms with Crippen molar-refractivity contribution in [3.8, 4) is 6.07 Å². The summed E-state index contributed by atoms with van der Waals surface area (Å²) in [5.41, 5.74) is 0.423. The first-order valence-electron chi connectivity index (χ1n) is 3.44. The van der Waals surface area contributed by atoms with Crippen molar-refractivity contribution in [2.75, 3.05) is 0 Å². The van der Waals surface area contributed by atoms with Crippen LogP contribution in [0.5, 0.6) is 0 Å². The molecule has 0 aliphatic carbocycles. The highest BCUT2D eigenvalue weighted by molar-refractivity contribution is 14.1. The molecule has 0 saturated heterocycles. The molecule has 0 spiro atoms. The lowest BCUT2D eigenvalue weighted by Gasteiger charge is -2.03. The van der Waals surface area contributed by atoms with Crippen LogP contribution >= 0.6 is 22.6 Å². The predicted molar refractivity (Wildman–Crippen MR) is 51.2 cm³/mol. The van der Waals surface area contributed by atoms with E-state index in [1.54, 1.807) is 22.6 Å². The molecule has 1 aromatic rings. The number of pyridine rings is 1. The van der Waals surface area contributed by atoms with Crippen molar-refractivity contribution in [2.45, 2.75) is 12.8 Å². The highest BCUT2D eigenvalue weighted by Gasteiger charge is 2.12. The van der Waals surface area contributed by atoms with Gasteiger partial charge in [-0.3, -0.25) is 0 Å². The van der Waals surface area contributed by atoms with E-state index in [1.807, 2.05) is 6.07 Å². The van der Waals surface area contributed by atoms with E-state index in [0.717, 1.165) is 0 Å². The van der Waals surface area contributed by atoms with E-state index in [1.165, 1.54) is 12.3 Å². The first-order chi connectivity index (χ1) is 6.15. The molecule has 0 aromatic carbocycles. The third kappa shape index (κ3) is 2.59. The highest BCUT2D eigenvalue weighted by Crippen LogP contribution is 2.23. The van der Waals surface area contributed by atoms with Crippen LogP contribution < -0.4 is 0 Å². The minimum absolute atomic E-state index is 0.103. The zero-order chi connectivity index (χ0) is 9.84. The van der Waals surface area contributed by atoms with Crippen LogP contribution in [-0.4, -0.2) is 4.98 Å². The molecule has 0 bridgehead atoms. The highest BCUT2D eigenvalue weighted by atomic mass is 127. The summed E-state index contributed by atoms with van der Waals surface area (Å²) < 4.78 is 24.9. The van der Waals surface area contributed by atoms with Gasteiger partial charge in [0.05, 0.1) is 12.5 Å². The summed E-state index contributed by atoms with van der Waals surface area (Å²) in [4.78, 5) is 3.77. The van der Waals surface area contributed by atoms with Crippen molar-refractivity contribution >= 4 is 22.6 Å². The van der Waals surface area contributed by atoms with Crippen LogP contribution in [0.15, 0.2) is 12.3 Å². The maximum Gasteiger partial charge on any atom is 0.266 e. The van der Waals surface area contributed by atoms with Gasteiger partial charge < -0.3 is 0 Å². The van der Waals surface area contributed by atoms with Gasteiger partial charge in [-0.25, -0.2) is 13.8 Å². The summed E-state index contributed by atoms with van der Waals surface area (Å²) in [7, 11) is 0. The van der Waals surface area contributed by atoms with Crippen molar-refractivity contribution in [2.24, 2.45) is 0 Å². The maximum atomic E-state index is 12.3. The van der Waals surface area contributed by atoms with Gasteiger partial charge in [-0.05, 0) is 34.2 Å². The minimum Gasteiger partial charge on any atom is -0.249 e. The Hall–Kier alpha value is -0.770. The largest absolute Gasteiger partial charge is 0.266 e. The van der Waals surface area contributed by atoms with E-state index in [4.69, 9.17) is 5.26 Å². The van der Waals surface area contributed by atoms with Crippen molar-refractivity contribution in [1.82, 2.24) is 4.98 Å². The van der Waals surface area contributed by atoms with Gasteiger partial charge in [-0.1, -0.05) is 0 Å². The van der Waals surface area contributed by atoms with Crippen LogP contribution in [0.3, 0.4) is 0 Å². The molecule has 1 heterocycles. The molecule has 0 fully saturated rings. The van der Waals surface area contributed by atoms with E-state index in [-0.39, 0.29) is 15.7 Å². The molecular formula is C8H5F2IN2. The zero-order valence-electron chi connectivity index (χ0n) is 6.47. The molecule has 0 radical (unpaired) electrons. The summed E-state index contributed by atoms with van der Waals surface area (Å²) >= 11 is 1.75. The van der Waals surface area contributed by atoms with Gasteiger partial charge >= 0.3 is 0 Å². The van der Waals surface area contributed by atoms with Crippen LogP contribution in [0.2, 0.25) is 0 Å². The molecule has 1 aromatic heterocycles. The summed E-state index contributed by atoms with van der Waals surface area (Å²) in [6, 6.07) is 3.20. The van der Waals surface area contributed by atoms with Crippen LogP contribution in [0.25, 0.3) is 0 Å². The van der Waals surface area contributed by atoms with Crippen LogP contribution in [0.4, 0.5) is 8.78 Å². The van der Waals surface area contributed by atoms with E-state index in [0.29, 0.717) is 5.56 Å². The lowest BCUT2D eigenvalue weighted by molar-refractivity contribution is 0.150. The van der Waals surface area contributed by atoms with E-state index in [9.17, 15) is 8.78 Å². The standard InChI is InChI=1S/C8H5F2IN2/c9-7(10)6-3-5(1-2-12)4-13-8(6)11/h3-4,7H,1H2. The molecule has 5 heteroatoms. The van der Waals surface area contributed by atoms with Gasteiger partial charge in [0.1, 0.15) is 3.70 Å². The van der Waals surface area contributed by atoms with Crippen molar-refractivity contribution in [3.63, 3.8) is 0 Å². The van der Waals surface area contributed by atoms with E-state index < -0.39 is 6.43 Å². The second-order valence-corrected chi connectivity index (χ2v) is 3.38. The molecule has 0 saturated carbocycles. The number of nitrogens with zero attached hydrogens (tertiary/aromatic N) is 2. The molecule has 2 nitrogen and oxygen atoms in total. The van der Waals surface area contributed by atoms with Gasteiger partial charge in [0.15, 0.2) is 0 Å². The van der Waals surface area contributed by atoms with Crippen molar-refractivity contribution < 1.29 is 8.78 Å². The monoisotopic (exact) mass is 294 g/mol. The summed E-state index contributed by atoms with van der Waals surface area (Å²) in [6.45, 7) is 0. The average molecular weight is 294 g/mol. The molecule has 68 valence electrons. The normalized spacial score (nSPS) is 10.1. The fourth-order valence-electron chi connectivity index (χ4n) is 0.852. The quantitative estimate of drug-likeness (QED) is 0.621. The summed E-state index contributed by atoms with van der Waals surface area (Å²) in [5.74, 6) is 0. The molecule has 0 aliphatic rings. The zero-order valence-corrected chi connectivity index (χ0v) is 8.62. The van der Waals surface area contributed by atoms with Crippen molar-refractivity contribution in [1.29, 1.82) is 5.26 Å². The molecule has 1 rings (SSSR count). The number of aromatic nitrogens is 1. The Morgan fingerprint density at radius 1 is 1.62 bits per heavy atom. The average Bonchev–Trinajstić information content (AvgIpc) is 2.08. The second kappa shape index (κ2) is 4.46. The number of hydrogen-bond acceptors (Lipinski definition) is 2. The van der Waals surface area contributed by atoms with Gasteiger partial charge in [0.25, 0.3) is 6.43 Å². The Balaban J connectivity index is 3.05. The van der Waals surface area contributed by atoms with Crippen LogP contribution in [0.1, 0.15) is 17.6 Å². The molecule has 0 atom stereocenters. The van der Waals surface area contributed by atoms with Crippen molar-refractivity contribution in [3.05, 3.63) is 27.1 Å². The Morgan fingerprint density at radius 3 is 2.85 bits per heavy atom. The lowest BCUT2D eigenvalue weighted by Crippen LogP contribution is -1.95. The molecule has 0 amide bonds. The SMILES string of the molecule is N#CCc1cnc(I)c(C(F)F)c1. The Labute approximate surface area is 87.7 Å². The molecular weight excluding hydrogens is 289 g/mol. The van der Waals surface area contributed by atoms with Gasteiger partial charge in [0, 0.05) is 11.8 Å². The Bertz CT molecular complexity index is 346. The Morgan fingerprint density at radius 2 is 2.31 bits per heavy atom.